The highest BCUT2D eigenvalue weighted by atomic mass is 16.5. The van der Waals surface area contributed by atoms with E-state index < -0.39 is 0 Å². The molecule has 4 aliphatic rings. The molecule has 0 saturated heterocycles. The Labute approximate surface area is 133 Å². The van der Waals surface area contributed by atoms with E-state index in [9.17, 15) is 10.2 Å². The monoisotopic (exact) mass is 306 g/mol. The number of aliphatic hydroxyl groups excluding tert-OH is 2. The van der Waals surface area contributed by atoms with Crippen molar-refractivity contribution < 1.29 is 14.9 Å². The van der Waals surface area contributed by atoms with Crippen LogP contribution in [0.15, 0.2) is 11.6 Å². The number of aliphatic hydroxyl groups is 2. The highest BCUT2D eigenvalue weighted by Crippen LogP contribution is 2.60. The Balaban J connectivity index is 1.59. The van der Waals surface area contributed by atoms with E-state index >= 15 is 0 Å². The molecule has 6 unspecified atom stereocenters. The van der Waals surface area contributed by atoms with Crippen LogP contribution in [-0.2, 0) is 4.74 Å². The molecule has 0 aromatic heterocycles. The molecule has 3 fully saturated rings. The maximum absolute atomic E-state index is 10.4. The van der Waals surface area contributed by atoms with Crippen LogP contribution in [0, 0.1) is 29.1 Å². The third-order valence-corrected chi connectivity index (χ3v) is 7.65. The first-order chi connectivity index (χ1) is 10.5. The molecule has 8 atom stereocenters. The van der Waals surface area contributed by atoms with Gasteiger partial charge in [0, 0.05) is 12.5 Å². The summed E-state index contributed by atoms with van der Waals surface area (Å²) in [7, 11) is 1.74. The zero-order valence-electron chi connectivity index (χ0n) is 13.9. The smallest absolute Gasteiger partial charge is 0.0833 e. The van der Waals surface area contributed by atoms with Crippen molar-refractivity contribution >= 4 is 0 Å². The molecule has 22 heavy (non-hydrogen) atoms. The van der Waals surface area contributed by atoms with Crippen LogP contribution < -0.4 is 0 Å². The van der Waals surface area contributed by atoms with Gasteiger partial charge < -0.3 is 14.9 Å². The Morgan fingerprint density at radius 2 is 1.95 bits per heavy atom. The first-order valence-corrected chi connectivity index (χ1v) is 9.14. The maximum Gasteiger partial charge on any atom is 0.0833 e. The van der Waals surface area contributed by atoms with Gasteiger partial charge in [0.25, 0.3) is 0 Å². The van der Waals surface area contributed by atoms with Gasteiger partial charge in [0.15, 0.2) is 0 Å². The molecule has 3 saturated carbocycles. The van der Waals surface area contributed by atoms with Crippen LogP contribution in [0.3, 0.4) is 0 Å². The van der Waals surface area contributed by atoms with Crippen LogP contribution in [-0.4, -0.2) is 35.6 Å². The maximum atomic E-state index is 10.4. The number of fused-ring (bicyclic) bond motifs is 5. The van der Waals surface area contributed by atoms with E-state index in [4.69, 9.17) is 4.74 Å². The summed E-state index contributed by atoms with van der Waals surface area (Å²) in [6, 6.07) is 0. The molecule has 0 heterocycles. The van der Waals surface area contributed by atoms with E-state index in [0.717, 1.165) is 31.6 Å². The Morgan fingerprint density at radius 1 is 1.14 bits per heavy atom. The molecule has 0 aromatic rings. The van der Waals surface area contributed by atoms with Gasteiger partial charge in [-0.1, -0.05) is 18.6 Å². The molecule has 2 N–H and O–H groups in total. The van der Waals surface area contributed by atoms with Gasteiger partial charge >= 0.3 is 0 Å². The second-order valence-corrected chi connectivity index (χ2v) is 8.45. The predicted octanol–water partition coefficient (Wildman–Crippen LogP) is 2.91. The van der Waals surface area contributed by atoms with Crippen LogP contribution in [0.1, 0.15) is 51.9 Å². The Bertz CT molecular complexity index is 473. The minimum absolute atomic E-state index is 0.0245. The zero-order chi connectivity index (χ0) is 15.5. The summed E-state index contributed by atoms with van der Waals surface area (Å²) in [5.41, 5.74) is 1.61. The van der Waals surface area contributed by atoms with E-state index in [1.165, 1.54) is 19.3 Å². The molecule has 3 heteroatoms. The highest BCUT2D eigenvalue weighted by molar-refractivity contribution is 5.29. The number of ether oxygens (including phenoxy) is 1. The van der Waals surface area contributed by atoms with E-state index in [1.807, 2.05) is 0 Å². The molecule has 4 rings (SSSR count). The van der Waals surface area contributed by atoms with Gasteiger partial charge in [-0.15, -0.1) is 0 Å². The van der Waals surface area contributed by atoms with Crippen molar-refractivity contribution in [1.82, 2.24) is 0 Å². The lowest BCUT2D eigenvalue weighted by Gasteiger charge is -2.54. The summed E-state index contributed by atoms with van der Waals surface area (Å²) in [5, 5.41) is 20.7. The summed E-state index contributed by atoms with van der Waals surface area (Å²) in [6.07, 6.45) is 9.60. The number of methoxy groups -OCH3 is 1. The van der Waals surface area contributed by atoms with E-state index in [2.05, 4.69) is 13.0 Å². The molecule has 0 spiro atoms. The number of rotatable bonds is 1. The third-order valence-electron chi connectivity index (χ3n) is 7.65. The molecule has 0 aromatic carbocycles. The summed E-state index contributed by atoms with van der Waals surface area (Å²) < 4.78 is 5.55. The molecule has 0 bridgehead atoms. The van der Waals surface area contributed by atoms with Crippen molar-refractivity contribution in [2.75, 3.05) is 7.11 Å². The second kappa shape index (κ2) is 5.32. The Hall–Kier alpha value is -0.380. The van der Waals surface area contributed by atoms with Crippen LogP contribution in [0.2, 0.25) is 0 Å². The second-order valence-electron chi connectivity index (χ2n) is 8.45. The fourth-order valence-corrected chi connectivity index (χ4v) is 6.35. The van der Waals surface area contributed by atoms with Crippen molar-refractivity contribution in [1.29, 1.82) is 0 Å². The largest absolute Gasteiger partial charge is 0.392 e. The van der Waals surface area contributed by atoms with Gasteiger partial charge in [-0.25, -0.2) is 0 Å². The minimum atomic E-state index is -0.274. The first kappa shape index (κ1) is 15.2. The zero-order valence-corrected chi connectivity index (χ0v) is 13.9. The lowest BCUT2D eigenvalue weighted by molar-refractivity contribution is -0.103. The van der Waals surface area contributed by atoms with Gasteiger partial charge in [0.05, 0.1) is 18.3 Å². The third kappa shape index (κ3) is 2.05. The van der Waals surface area contributed by atoms with E-state index in [-0.39, 0.29) is 23.7 Å². The Kier molecular flexibility index (Phi) is 3.67. The predicted molar refractivity (Wildman–Crippen MR) is 85.3 cm³/mol. The summed E-state index contributed by atoms with van der Waals surface area (Å²) >= 11 is 0. The minimum Gasteiger partial charge on any atom is -0.392 e. The summed E-state index contributed by atoms with van der Waals surface area (Å²) in [4.78, 5) is 0. The van der Waals surface area contributed by atoms with Gasteiger partial charge in [-0.05, 0) is 68.6 Å². The fourth-order valence-electron chi connectivity index (χ4n) is 6.35. The quantitative estimate of drug-likeness (QED) is 0.732. The van der Waals surface area contributed by atoms with Crippen LogP contribution in [0.4, 0.5) is 0 Å². The van der Waals surface area contributed by atoms with Crippen molar-refractivity contribution in [2.24, 2.45) is 29.1 Å². The number of hydrogen-bond acceptors (Lipinski definition) is 3. The first-order valence-electron chi connectivity index (χ1n) is 9.14. The lowest BCUT2D eigenvalue weighted by Crippen LogP contribution is -2.50. The normalized spacial score (nSPS) is 54.2. The average molecular weight is 306 g/mol. The molecular formula is C19H30O3. The molecule has 0 amide bonds. The van der Waals surface area contributed by atoms with Crippen molar-refractivity contribution in [3.63, 3.8) is 0 Å². The fraction of sp³-hybridized carbons (Fsp3) is 0.895. The van der Waals surface area contributed by atoms with Crippen molar-refractivity contribution in [3.05, 3.63) is 11.6 Å². The molecule has 124 valence electrons. The van der Waals surface area contributed by atoms with Crippen molar-refractivity contribution in [3.8, 4) is 0 Å². The van der Waals surface area contributed by atoms with Crippen LogP contribution in [0.5, 0.6) is 0 Å². The van der Waals surface area contributed by atoms with E-state index in [1.54, 1.807) is 12.7 Å². The van der Waals surface area contributed by atoms with Gasteiger partial charge in [0.1, 0.15) is 0 Å². The standard InChI is InChI=1S/C19H30O3/c1-19-8-7-12-13(15(19)5-6-18(19)21)4-3-11-9-16(20)17(22-2)10-14(11)12/h5,11-14,16-18,20-21H,3-4,6-10H2,1-2H3/t11?,12?,13?,14?,16?,17?,18-,19-/m0/s1. The SMILES string of the molecule is COC1CC2C(CCC3C4=CC[C@H](O)[C@@]4(C)CCC32)CC1O. The molecule has 0 aliphatic heterocycles. The summed E-state index contributed by atoms with van der Waals surface area (Å²) in [6.45, 7) is 2.28. The molecule has 4 aliphatic carbocycles. The average Bonchev–Trinajstić information content (AvgIpc) is 2.82. The molecular weight excluding hydrogens is 276 g/mol. The lowest BCUT2D eigenvalue weighted by atomic mass is 9.52. The summed E-state index contributed by atoms with van der Waals surface area (Å²) in [5.74, 6) is 2.80. The van der Waals surface area contributed by atoms with Crippen LogP contribution in [0.25, 0.3) is 0 Å². The highest BCUT2D eigenvalue weighted by Gasteiger charge is 2.54. The van der Waals surface area contributed by atoms with Gasteiger partial charge in [-0.2, -0.15) is 0 Å². The molecule has 3 nitrogen and oxygen atoms in total. The van der Waals surface area contributed by atoms with Crippen LogP contribution >= 0.6 is 0 Å². The van der Waals surface area contributed by atoms with Gasteiger partial charge in [0.2, 0.25) is 0 Å². The number of hydrogen-bond donors (Lipinski definition) is 2. The van der Waals surface area contributed by atoms with Gasteiger partial charge in [-0.3, -0.25) is 0 Å². The topological polar surface area (TPSA) is 49.7 Å². The molecule has 0 radical (unpaired) electrons. The Morgan fingerprint density at radius 3 is 2.73 bits per heavy atom. The van der Waals surface area contributed by atoms with Crippen molar-refractivity contribution in [2.45, 2.75) is 70.2 Å². The van der Waals surface area contributed by atoms with E-state index in [0.29, 0.717) is 17.8 Å².